The predicted octanol–water partition coefficient (Wildman–Crippen LogP) is 3.91. The molecule has 1 aliphatic carbocycles. The second kappa shape index (κ2) is 8.50. The van der Waals surface area contributed by atoms with Gasteiger partial charge in [-0.1, -0.05) is 44.2 Å². The van der Waals surface area contributed by atoms with Crippen LogP contribution in [0.5, 0.6) is 0 Å². The molecule has 0 fully saturated rings. The van der Waals surface area contributed by atoms with E-state index in [2.05, 4.69) is 16.7 Å². The second-order valence-corrected chi connectivity index (χ2v) is 7.44. The number of carbonyl (C=O) groups excluding carboxylic acids is 2. The molecule has 0 radical (unpaired) electrons. The van der Waals surface area contributed by atoms with E-state index in [0.717, 1.165) is 37.0 Å². The number of carbonyl (C=O) groups is 2. The van der Waals surface area contributed by atoms with Crippen LogP contribution >= 0.6 is 0 Å². The smallest absolute Gasteiger partial charge is 0.257 e. The first-order valence-electron chi connectivity index (χ1n) is 9.51. The third kappa shape index (κ3) is 4.21. The standard InChI is InChI=1S/C22H24F2N2O2/c1-13(2)20(26-21(27)19-16(23)10-6-11-17(19)24)22(28)25-18-12-5-8-14-7-3-4-9-15(14)18/h3-4,6-7,9-11,13,18,20H,5,8,12H2,1-2H3,(H,25,28)(H,26,27)/t18?,20-/m0/s1. The van der Waals surface area contributed by atoms with Gasteiger partial charge in [0.2, 0.25) is 5.91 Å². The maximum Gasteiger partial charge on any atom is 0.257 e. The summed E-state index contributed by atoms with van der Waals surface area (Å²) in [5.74, 6) is -3.46. The first-order valence-corrected chi connectivity index (χ1v) is 9.51. The third-order valence-corrected chi connectivity index (χ3v) is 5.11. The summed E-state index contributed by atoms with van der Waals surface area (Å²) in [4.78, 5) is 25.3. The van der Waals surface area contributed by atoms with Crippen molar-refractivity contribution in [2.45, 2.75) is 45.2 Å². The fraction of sp³-hybridized carbons (Fsp3) is 0.364. The number of halogens is 2. The summed E-state index contributed by atoms with van der Waals surface area (Å²) in [5, 5.41) is 5.50. The largest absolute Gasteiger partial charge is 0.347 e. The van der Waals surface area contributed by atoms with E-state index in [1.165, 1.54) is 11.6 Å². The molecule has 4 nitrogen and oxygen atoms in total. The average molecular weight is 386 g/mol. The first-order chi connectivity index (χ1) is 13.4. The molecule has 6 heteroatoms. The lowest BCUT2D eigenvalue weighted by Crippen LogP contribution is -2.51. The number of amides is 2. The van der Waals surface area contributed by atoms with Crippen LogP contribution in [0.25, 0.3) is 0 Å². The lowest BCUT2D eigenvalue weighted by molar-refractivity contribution is -0.124. The molecule has 0 bridgehead atoms. The highest BCUT2D eigenvalue weighted by molar-refractivity contribution is 5.98. The van der Waals surface area contributed by atoms with Crippen molar-refractivity contribution in [1.29, 1.82) is 0 Å². The van der Waals surface area contributed by atoms with Crippen molar-refractivity contribution < 1.29 is 18.4 Å². The van der Waals surface area contributed by atoms with E-state index in [4.69, 9.17) is 0 Å². The molecular weight excluding hydrogens is 362 g/mol. The normalized spacial score (nSPS) is 17.0. The van der Waals surface area contributed by atoms with Crippen molar-refractivity contribution in [3.8, 4) is 0 Å². The maximum absolute atomic E-state index is 13.9. The number of hydrogen-bond acceptors (Lipinski definition) is 2. The van der Waals surface area contributed by atoms with E-state index in [1.54, 1.807) is 13.8 Å². The zero-order valence-electron chi connectivity index (χ0n) is 16.0. The molecule has 0 heterocycles. The molecule has 0 aliphatic heterocycles. The highest BCUT2D eigenvalue weighted by atomic mass is 19.1. The van der Waals surface area contributed by atoms with Gasteiger partial charge in [0.1, 0.15) is 23.2 Å². The van der Waals surface area contributed by atoms with Crippen molar-refractivity contribution in [2.75, 3.05) is 0 Å². The van der Waals surface area contributed by atoms with Gasteiger partial charge in [0.05, 0.1) is 6.04 Å². The van der Waals surface area contributed by atoms with E-state index < -0.39 is 29.1 Å². The molecular formula is C22H24F2N2O2. The van der Waals surface area contributed by atoms with Gasteiger partial charge in [0, 0.05) is 0 Å². The third-order valence-electron chi connectivity index (χ3n) is 5.11. The Hall–Kier alpha value is -2.76. The molecule has 2 aromatic rings. The van der Waals surface area contributed by atoms with Gasteiger partial charge in [-0.25, -0.2) is 8.78 Å². The zero-order valence-corrected chi connectivity index (χ0v) is 16.0. The molecule has 2 amide bonds. The van der Waals surface area contributed by atoms with Gasteiger partial charge in [0.25, 0.3) is 5.91 Å². The van der Waals surface area contributed by atoms with E-state index in [-0.39, 0.29) is 17.9 Å². The lowest BCUT2D eigenvalue weighted by atomic mass is 9.87. The van der Waals surface area contributed by atoms with Crippen LogP contribution in [0, 0.1) is 17.6 Å². The molecule has 0 saturated heterocycles. The highest BCUT2D eigenvalue weighted by Crippen LogP contribution is 2.29. The van der Waals surface area contributed by atoms with Crippen LogP contribution < -0.4 is 10.6 Å². The summed E-state index contributed by atoms with van der Waals surface area (Å²) >= 11 is 0. The molecule has 0 saturated carbocycles. The molecule has 3 rings (SSSR count). The monoisotopic (exact) mass is 386 g/mol. The quantitative estimate of drug-likeness (QED) is 0.819. The Morgan fingerprint density at radius 2 is 1.71 bits per heavy atom. The van der Waals surface area contributed by atoms with Gasteiger partial charge in [-0.2, -0.15) is 0 Å². The van der Waals surface area contributed by atoms with Crippen molar-refractivity contribution >= 4 is 11.8 Å². The van der Waals surface area contributed by atoms with E-state index in [9.17, 15) is 18.4 Å². The summed E-state index contributed by atoms with van der Waals surface area (Å²) < 4.78 is 27.8. The van der Waals surface area contributed by atoms with Gasteiger partial charge in [-0.05, 0) is 48.4 Å². The molecule has 148 valence electrons. The molecule has 2 N–H and O–H groups in total. The average Bonchev–Trinajstić information content (AvgIpc) is 2.66. The first kappa shape index (κ1) is 20.0. The Morgan fingerprint density at radius 1 is 1.04 bits per heavy atom. The number of rotatable bonds is 5. The van der Waals surface area contributed by atoms with Gasteiger partial charge in [0.15, 0.2) is 0 Å². The van der Waals surface area contributed by atoms with Gasteiger partial charge < -0.3 is 10.6 Å². The van der Waals surface area contributed by atoms with Gasteiger partial charge in [-0.3, -0.25) is 9.59 Å². The van der Waals surface area contributed by atoms with Crippen molar-refractivity contribution in [1.82, 2.24) is 10.6 Å². The van der Waals surface area contributed by atoms with E-state index >= 15 is 0 Å². The summed E-state index contributed by atoms with van der Waals surface area (Å²) in [5.41, 5.74) is 1.61. The van der Waals surface area contributed by atoms with Crippen LogP contribution in [0.1, 0.15) is 54.2 Å². The number of benzene rings is 2. The molecule has 0 spiro atoms. The van der Waals surface area contributed by atoms with Crippen LogP contribution in [-0.2, 0) is 11.2 Å². The summed E-state index contributed by atoms with van der Waals surface area (Å²) in [6.45, 7) is 3.55. The number of fused-ring (bicyclic) bond motifs is 1. The predicted molar refractivity (Wildman–Crippen MR) is 103 cm³/mol. The molecule has 28 heavy (non-hydrogen) atoms. The van der Waals surface area contributed by atoms with Gasteiger partial charge >= 0.3 is 0 Å². The van der Waals surface area contributed by atoms with Crippen LogP contribution in [0.2, 0.25) is 0 Å². The minimum atomic E-state index is -0.957. The number of nitrogens with one attached hydrogen (secondary N) is 2. The van der Waals surface area contributed by atoms with Crippen molar-refractivity contribution in [2.24, 2.45) is 5.92 Å². The Bertz CT molecular complexity index is 862. The molecule has 2 atom stereocenters. The Morgan fingerprint density at radius 3 is 2.39 bits per heavy atom. The second-order valence-electron chi connectivity index (χ2n) is 7.44. The van der Waals surface area contributed by atoms with E-state index in [1.807, 2.05) is 18.2 Å². The number of aryl methyl sites for hydroxylation is 1. The van der Waals surface area contributed by atoms with Crippen LogP contribution in [0.15, 0.2) is 42.5 Å². The summed E-state index contributed by atoms with van der Waals surface area (Å²) in [6.07, 6.45) is 2.74. The van der Waals surface area contributed by atoms with Crippen LogP contribution in [0.3, 0.4) is 0 Å². The molecule has 2 aromatic carbocycles. The fourth-order valence-corrected chi connectivity index (χ4v) is 3.63. The molecule has 1 unspecified atom stereocenters. The Labute approximate surface area is 163 Å². The summed E-state index contributed by atoms with van der Waals surface area (Å²) in [6, 6.07) is 10.1. The van der Waals surface area contributed by atoms with Crippen LogP contribution in [0.4, 0.5) is 8.78 Å². The molecule has 0 aromatic heterocycles. The molecule has 1 aliphatic rings. The minimum absolute atomic E-state index is 0.138. The van der Waals surface area contributed by atoms with Crippen molar-refractivity contribution in [3.05, 3.63) is 70.8 Å². The van der Waals surface area contributed by atoms with E-state index in [0.29, 0.717) is 0 Å². The maximum atomic E-state index is 13.9. The Balaban J connectivity index is 1.76. The van der Waals surface area contributed by atoms with Crippen LogP contribution in [-0.4, -0.2) is 17.9 Å². The Kier molecular flexibility index (Phi) is 6.07. The minimum Gasteiger partial charge on any atom is -0.347 e. The fourth-order valence-electron chi connectivity index (χ4n) is 3.63. The highest BCUT2D eigenvalue weighted by Gasteiger charge is 2.30. The summed E-state index contributed by atoms with van der Waals surface area (Å²) in [7, 11) is 0. The zero-order chi connectivity index (χ0) is 20.3. The van der Waals surface area contributed by atoms with Crippen molar-refractivity contribution in [3.63, 3.8) is 0 Å². The SMILES string of the molecule is CC(C)[C@H](NC(=O)c1c(F)cccc1F)C(=O)NC1CCCc2ccccc21. The van der Waals surface area contributed by atoms with Gasteiger partial charge in [-0.15, -0.1) is 0 Å². The number of hydrogen-bond donors (Lipinski definition) is 2. The topological polar surface area (TPSA) is 58.2 Å². The lowest BCUT2D eigenvalue weighted by Gasteiger charge is -2.29.